The molecule has 31 heavy (non-hydrogen) atoms. The summed E-state index contributed by atoms with van der Waals surface area (Å²) in [5.74, 6) is 0.131. The van der Waals surface area contributed by atoms with Crippen LogP contribution in [0.3, 0.4) is 0 Å². The van der Waals surface area contributed by atoms with Gasteiger partial charge in [0.05, 0.1) is 14.1 Å². The maximum absolute atomic E-state index is 12.3. The second kappa shape index (κ2) is 21.5. The Bertz CT molecular complexity index is 405. The van der Waals surface area contributed by atoms with Crippen LogP contribution in [0.5, 0.6) is 0 Å². The van der Waals surface area contributed by atoms with Crippen molar-refractivity contribution in [3.8, 4) is 0 Å². The molecule has 0 aliphatic carbocycles. The molecule has 2 N–H and O–H groups in total. The Kier molecular flexibility index (Phi) is 22.8. The summed E-state index contributed by atoms with van der Waals surface area (Å²) in [7, 11) is 3.99. The number of unbranched alkanes of at least 4 members (excludes halogenated alkanes) is 14. The Balaban J connectivity index is 0. The first-order chi connectivity index (χ1) is 14.4. The number of carbonyl (C=O) groups is 1. The van der Waals surface area contributed by atoms with Crippen molar-refractivity contribution in [3.05, 3.63) is 0 Å². The molecular weight excluding hydrogens is 408 g/mol. The van der Waals surface area contributed by atoms with Crippen molar-refractivity contribution in [1.29, 1.82) is 0 Å². The highest BCUT2D eigenvalue weighted by Gasteiger charge is 2.33. The van der Waals surface area contributed by atoms with Gasteiger partial charge in [-0.05, 0) is 6.42 Å². The average Bonchev–Trinajstić information content (AvgIpc) is 2.73. The number of amides is 1. The molecule has 5 heteroatoms. The van der Waals surface area contributed by atoms with Gasteiger partial charge in [0.25, 0.3) is 0 Å². The Labute approximate surface area is 200 Å². The minimum absolute atomic E-state index is 0. The Morgan fingerprint density at radius 3 is 1.45 bits per heavy atom. The van der Waals surface area contributed by atoms with Crippen molar-refractivity contribution in [2.45, 2.75) is 149 Å². The van der Waals surface area contributed by atoms with E-state index in [-0.39, 0.29) is 24.5 Å². The van der Waals surface area contributed by atoms with E-state index in [4.69, 9.17) is 0 Å². The normalized spacial score (nSPS) is 13.5. The molecule has 0 spiro atoms. The predicted octanol–water partition coefficient (Wildman–Crippen LogP) is 3.91. The predicted molar refractivity (Wildman–Crippen MR) is 130 cm³/mol. The number of rotatable bonds is 21. The van der Waals surface area contributed by atoms with Gasteiger partial charge in [0.15, 0.2) is 12.4 Å². The molecule has 0 aromatic heterocycles. The number of hydrogen-bond acceptors (Lipinski definition) is 2. The summed E-state index contributed by atoms with van der Waals surface area (Å²) >= 11 is 0. The first kappa shape index (κ1) is 32.9. The number of nitrogens with one attached hydrogen (secondary N) is 1. The summed E-state index contributed by atoms with van der Waals surface area (Å²) in [6, 6.07) is 0. The molecule has 4 nitrogen and oxygen atoms in total. The summed E-state index contributed by atoms with van der Waals surface area (Å²) in [4.78, 5) is 12.3. The van der Waals surface area contributed by atoms with Gasteiger partial charge in [0.1, 0.15) is 0 Å². The third kappa shape index (κ3) is 16.9. The number of carbonyl (C=O) groups excluding carboxylic acids is 1. The summed E-state index contributed by atoms with van der Waals surface area (Å²) in [6.45, 7) is 6.33. The van der Waals surface area contributed by atoms with E-state index in [1.165, 1.54) is 83.5 Å². The molecule has 0 radical (unpaired) electrons. The maximum atomic E-state index is 12.3. The van der Waals surface area contributed by atoms with Gasteiger partial charge in [-0.3, -0.25) is 9.28 Å². The fourth-order valence-corrected chi connectivity index (χ4v) is 4.33. The number of quaternary nitrogens is 1. The molecule has 0 aliphatic rings. The molecule has 1 amide bonds. The van der Waals surface area contributed by atoms with Crippen LogP contribution >= 0.6 is 0 Å². The Morgan fingerprint density at radius 1 is 0.710 bits per heavy atom. The van der Waals surface area contributed by atoms with Gasteiger partial charge in [-0.15, -0.1) is 0 Å². The van der Waals surface area contributed by atoms with Crippen LogP contribution in [-0.4, -0.2) is 42.0 Å². The first-order valence-corrected chi connectivity index (χ1v) is 13.2. The van der Waals surface area contributed by atoms with Gasteiger partial charge in [-0.25, -0.2) is 0 Å². The van der Waals surface area contributed by atoms with Gasteiger partial charge >= 0.3 is 0 Å². The van der Waals surface area contributed by atoms with E-state index >= 15 is 0 Å². The average molecular weight is 463 g/mol. The molecule has 0 aliphatic heterocycles. The lowest BCUT2D eigenvalue weighted by molar-refractivity contribution is -0.961. The highest BCUT2D eigenvalue weighted by Crippen LogP contribution is 2.16. The number of aliphatic hydroxyl groups excluding tert-OH is 1. The lowest BCUT2D eigenvalue weighted by Gasteiger charge is -2.41. The number of aliphatic hydroxyl groups is 1. The number of halogens is 1. The molecule has 0 saturated heterocycles. The lowest BCUT2D eigenvalue weighted by Crippen LogP contribution is -3.00. The van der Waals surface area contributed by atoms with Crippen LogP contribution < -0.4 is 17.7 Å². The van der Waals surface area contributed by atoms with Gasteiger partial charge in [0.2, 0.25) is 5.91 Å². The van der Waals surface area contributed by atoms with Crippen LogP contribution in [0.25, 0.3) is 0 Å². The fraction of sp³-hybridized carbons (Fsp3) is 0.962. The number of nitrogens with zero attached hydrogens (tertiary/aromatic N) is 1. The van der Waals surface area contributed by atoms with E-state index in [2.05, 4.69) is 19.2 Å². The first-order valence-electron chi connectivity index (χ1n) is 13.2. The largest absolute Gasteiger partial charge is 1.00 e. The third-order valence-electron chi connectivity index (χ3n) is 6.66. The maximum Gasteiger partial charge on any atom is 0.224 e. The van der Waals surface area contributed by atoms with E-state index in [9.17, 15) is 9.90 Å². The van der Waals surface area contributed by atoms with Crippen LogP contribution in [0.15, 0.2) is 0 Å². The van der Waals surface area contributed by atoms with Crippen molar-refractivity contribution < 1.29 is 26.8 Å². The molecule has 2 unspecified atom stereocenters. The molecule has 0 aromatic rings. The molecule has 0 fully saturated rings. The van der Waals surface area contributed by atoms with Crippen molar-refractivity contribution >= 4 is 5.91 Å². The van der Waals surface area contributed by atoms with Crippen molar-refractivity contribution in [2.75, 3.05) is 14.1 Å². The van der Waals surface area contributed by atoms with E-state index in [0.717, 1.165) is 19.3 Å². The van der Waals surface area contributed by atoms with Gasteiger partial charge < -0.3 is 22.8 Å². The highest BCUT2D eigenvalue weighted by atomic mass is 35.5. The second-order valence-corrected chi connectivity index (χ2v) is 9.71. The van der Waals surface area contributed by atoms with E-state index in [1.54, 1.807) is 0 Å². The van der Waals surface area contributed by atoms with Crippen LogP contribution in [0.1, 0.15) is 136 Å². The molecular formula is C26H55ClN2O2. The van der Waals surface area contributed by atoms with Crippen molar-refractivity contribution in [1.82, 2.24) is 5.32 Å². The molecule has 2 atom stereocenters. The summed E-state index contributed by atoms with van der Waals surface area (Å²) in [6.07, 6.45) is 21.8. The monoisotopic (exact) mass is 462 g/mol. The standard InChI is InChI=1S/C26H54N2O2.ClH/c1-6-9-10-11-12-13-14-15-16-17-18-19-20-21-22-23-25(29)27-24(7-2)28(4,5)26(30)8-3;/h24,26,30H,6-23H2,1-5H3;1H. The zero-order chi connectivity index (χ0) is 22.7. The quantitative estimate of drug-likeness (QED) is 0.154. The Hall–Kier alpha value is -0.320. The smallest absolute Gasteiger partial charge is 0.224 e. The van der Waals surface area contributed by atoms with Crippen molar-refractivity contribution in [3.63, 3.8) is 0 Å². The molecule has 0 saturated carbocycles. The SMILES string of the molecule is CCCCCCCCCCCCCCCCCC(=O)NC(CC)[N+](C)(C)C(O)CC.[Cl-]. The van der Waals surface area contributed by atoms with Gasteiger partial charge in [-0.2, -0.15) is 0 Å². The third-order valence-corrected chi connectivity index (χ3v) is 6.66. The van der Waals surface area contributed by atoms with Crippen molar-refractivity contribution in [2.24, 2.45) is 0 Å². The molecule has 0 rings (SSSR count). The van der Waals surface area contributed by atoms with Gasteiger partial charge in [-0.1, -0.05) is 111 Å². The lowest BCUT2D eigenvalue weighted by atomic mass is 10.0. The second-order valence-electron chi connectivity index (χ2n) is 9.71. The van der Waals surface area contributed by atoms with Crippen LogP contribution in [0.2, 0.25) is 0 Å². The number of hydrogen-bond donors (Lipinski definition) is 2. The summed E-state index contributed by atoms with van der Waals surface area (Å²) in [5, 5.41) is 13.4. The summed E-state index contributed by atoms with van der Waals surface area (Å²) in [5.41, 5.74) is 0. The summed E-state index contributed by atoms with van der Waals surface area (Å²) < 4.78 is 0.428. The Morgan fingerprint density at radius 2 is 1.10 bits per heavy atom. The molecule has 0 aromatic carbocycles. The fourth-order valence-electron chi connectivity index (χ4n) is 4.33. The van der Waals surface area contributed by atoms with Crippen LogP contribution in [0.4, 0.5) is 0 Å². The minimum atomic E-state index is -0.443. The molecule has 0 heterocycles. The highest BCUT2D eigenvalue weighted by molar-refractivity contribution is 5.75. The molecule has 0 bridgehead atoms. The van der Waals surface area contributed by atoms with E-state index in [1.807, 2.05) is 21.0 Å². The zero-order valence-corrected chi connectivity index (χ0v) is 22.3. The topological polar surface area (TPSA) is 49.3 Å². The van der Waals surface area contributed by atoms with Gasteiger partial charge in [0, 0.05) is 19.3 Å². The molecule has 188 valence electrons. The van der Waals surface area contributed by atoms with E-state index < -0.39 is 6.23 Å². The zero-order valence-electron chi connectivity index (χ0n) is 21.6. The van der Waals surface area contributed by atoms with Crippen LogP contribution in [-0.2, 0) is 4.79 Å². The van der Waals surface area contributed by atoms with Crippen LogP contribution in [0, 0.1) is 0 Å². The minimum Gasteiger partial charge on any atom is -1.00 e. The van der Waals surface area contributed by atoms with E-state index in [0.29, 0.717) is 17.3 Å².